The fraction of sp³-hybridized carbons (Fsp3) is 0.667. The normalized spacial score (nSPS) is 29.7. The molecule has 0 saturated carbocycles. The Morgan fingerprint density at radius 3 is 2.35 bits per heavy atom. The summed E-state index contributed by atoms with van der Waals surface area (Å²) >= 11 is 0. The average molecular weight is 376 g/mol. The molecule has 2 fully saturated rings. The van der Waals surface area contributed by atoms with Gasteiger partial charge in [-0.05, 0) is 18.6 Å². The lowest BCUT2D eigenvalue weighted by Crippen LogP contribution is -2.43. The Kier molecular flexibility index (Phi) is 6.74. The van der Waals surface area contributed by atoms with Gasteiger partial charge in [0.1, 0.15) is 0 Å². The van der Waals surface area contributed by atoms with Gasteiger partial charge >= 0.3 is 6.61 Å². The first-order valence-electron chi connectivity index (χ1n) is 8.77. The molecule has 1 aromatic carbocycles. The van der Waals surface area contributed by atoms with E-state index in [-0.39, 0.29) is 12.2 Å². The predicted molar refractivity (Wildman–Crippen MR) is 85.3 cm³/mol. The topological polar surface area (TPSA) is 46.2 Å². The zero-order valence-corrected chi connectivity index (χ0v) is 14.5. The van der Waals surface area contributed by atoms with Crippen molar-refractivity contribution in [2.75, 3.05) is 26.4 Å². The molecule has 0 radical (unpaired) electrons. The summed E-state index contributed by atoms with van der Waals surface area (Å²) in [5, 5.41) is 0. The van der Waals surface area contributed by atoms with Crippen LogP contribution in [-0.2, 0) is 18.9 Å². The van der Waals surface area contributed by atoms with Gasteiger partial charge in [0, 0.05) is 11.5 Å². The molecule has 2 aliphatic heterocycles. The minimum Gasteiger partial charge on any atom is -0.432 e. The Hall–Kier alpha value is -1.35. The van der Waals surface area contributed by atoms with Gasteiger partial charge in [0.05, 0.1) is 32.3 Å². The number of rotatable bonds is 6. The highest BCUT2D eigenvalue weighted by Crippen LogP contribution is 2.31. The largest absolute Gasteiger partial charge is 0.432 e. The van der Waals surface area contributed by atoms with Crippen molar-refractivity contribution in [3.63, 3.8) is 0 Å². The van der Waals surface area contributed by atoms with Gasteiger partial charge in [0.2, 0.25) is 0 Å². The third kappa shape index (κ3) is 4.88. The fourth-order valence-electron chi connectivity index (χ4n) is 3.13. The van der Waals surface area contributed by atoms with Crippen molar-refractivity contribution < 1.29 is 36.9 Å². The van der Waals surface area contributed by atoms with Crippen molar-refractivity contribution in [1.29, 1.82) is 0 Å². The quantitative estimate of drug-likeness (QED) is 0.754. The molecule has 0 atom stereocenters. The maximum atomic E-state index is 13.8. The molecule has 2 saturated heterocycles. The number of benzene rings is 1. The monoisotopic (exact) mass is 376 g/mol. The lowest BCUT2D eigenvalue weighted by Gasteiger charge is -2.37. The van der Waals surface area contributed by atoms with Gasteiger partial charge in [0.25, 0.3) is 0 Å². The van der Waals surface area contributed by atoms with E-state index in [4.69, 9.17) is 18.9 Å². The van der Waals surface area contributed by atoms with Crippen LogP contribution in [0.25, 0.3) is 0 Å². The van der Waals surface area contributed by atoms with Gasteiger partial charge in [-0.15, -0.1) is 0 Å². The van der Waals surface area contributed by atoms with E-state index >= 15 is 0 Å². The van der Waals surface area contributed by atoms with Crippen molar-refractivity contribution in [1.82, 2.24) is 0 Å². The summed E-state index contributed by atoms with van der Waals surface area (Å²) in [5.74, 6) is -1.05. The minimum atomic E-state index is -3.08. The molecule has 0 amide bonds. The Bertz CT molecular complexity index is 570. The van der Waals surface area contributed by atoms with Gasteiger partial charge in [-0.25, -0.2) is 4.39 Å². The van der Waals surface area contributed by atoms with Crippen molar-refractivity contribution in [2.45, 2.75) is 39.0 Å². The van der Waals surface area contributed by atoms with E-state index in [0.717, 1.165) is 25.0 Å². The zero-order chi connectivity index (χ0) is 18.5. The van der Waals surface area contributed by atoms with Gasteiger partial charge < -0.3 is 23.7 Å². The van der Waals surface area contributed by atoms with E-state index in [2.05, 4.69) is 11.7 Å². The standard InChI is InChI=1S/C18H23F3O5/c1-2-3-11-7-22-17(23-8-11)13-9-24-16(25-10-13)12-4-5-15(14(19)6-12)26-18(20)21/h4-6,11,13,16-18H,2-3,7-10H2,1H3. The number of hydrogen-bond donors (Lipinski definition) is 0. The SMILES string of the molecule is CCCC1COC(C2COC(c3ccc(OC(F)F)c(F)c3)OC2)OC1. The molecule has 0 N–H and O–H groups in total. The molecule has 0 aliphatic carbocycles. The Morgan fingerprint density at radius 2 is 1.77 bits per heavy atom. The Morgan fingerprint density at radius 1 is 1.08 bits per heavy atom. The lowest BCUT2D eigenvalue weighted by molar-refractivity contribution is -0.283. The first kappa shape index (κ1) is 19.4. The number of hydrogen-bond acceptors (Lipinski definition) is 5. The molecule has 1 aromatic rings. The van der Waals surface area contributed by atoms with Gasteiger partial charge in [-0.1, -0.05) is 19.4 Å². The summed E-state index contributed by atoms with van der Waals surface area (Å²) in [6.45, 7) is 1.05. The summed E-state index contributed by atoms with van der Waals surface area (Å²) in [6, 6.07) is 3.65. The molecule has 0 aromatic heterocycles. The molecular weight excluding hydrogens is 353 g/mol. The van der Waals surface area contributed by atoms with E-state index in [1.54, 1.807) is 0 Å². The van der Waals surface area contributed by atoms with Crippen LogP contribution in [0.4, 0.5) is 13.2 Å². The number of alkyl halides is 2. The number of ether oxygens (including phenoxy) is 5. The Labute approximate surface area is 150 Å². The van der Waals surface area contributed by atoms with Crippen LogP contribution in [0.3, 0.4) is 0 Å². The van der Waals surface area contributed by atoms with Crippen LogP contribution in [0.2, 0.25) is 0 Å². The highest BCUT2D eigenvalue weighted by atomic mass is 19.3. The van der Waals surface area contributed by atoms with E-state index in [0.29, 0.717) is 37.9 Å². The highest BCUT2D eigenvalue weighted by molar-refractivity contribution is 5.30. The summed E-state index contributed by atoms with van der Waals surface area (Å²) in [4.78, 5) is 0. The Balaban J connectivity index is 1.50. The van der Waals surface area contributed by atoms with Crippen LogP contribution in [0.5, 0.6) is 5.75 Å². The summed E-state index contributed by atoms with van der Waals surface area (Å²) in [5.41, 5.74) is 0.399. The lowest BCUT2D eigenvalue weighted by atomic mass is 10.0. The maximum absolute atomic E-state index is 13.8. The van der Waals surface area contributed by atoms with Crippen molar-refractivity contribution in [3.8, 4) is 5.75 Å². The third-order valence-electron chi connectivity index (χ3n) is 4.44. The number of halogens is 3. The van der Waals surface area contributed by atoms with E-state index in [1.165, 1.54) is 6.07 Å². The summed E-state index contributed by atoms with van der Waals surface area (Å²) in [7, 11) is 0. The molecule has 0 bridgehead atoms. The maximum Gasteiger partial charge on any atom is 0.387 e. The van der Waals surface area contributed by atoms with Crippen molar-refractivity contribution in [3.05, 3.63) is 29.6 Å². The summed E-state index contributed by atoms with van der Waals surface area (Å²) in [6.07, 6.45) is 1.03. The second-order valence-electron chi connectivity index (χ2n) is 6.52. The van der Waals surface area contributed by atoms with Crippen molar-refractivity contribution in [2.24, 2.45) is 11.8 Å². The van der Waals surface area contributed by atoms with E-state index in [9.17, 15) is 13.2 Å². The molecule has 8 heteroatoms. The van der Waals surface area contributed by atoms with Crippen molar-refractivity contribution >= 4 is 0 Å². The van der Waals surface area contributed by atoms with Crippen LogP contribution < -0.4 is 4.74 Å². The first-order valence-corrected chi connectivity index (χ1v) is 8.77. The molecule has 3 rings (SSSR count). The van der Waals surface area contributed by atoms with Crippen LogP contribution in [0.1, 0.15) is 31.6 Å². The van der Waals surface area contributed by atoms with Crippen LogP contribution in [-0.4, -0.2) is 39.3 Å². The minimum absolute atomic E-state index is 0.0693. The fourth-order valence-corrected chi connectivity index (χ4v) is 3.13. The van der Waals surface area contributed by atoms with Gasteiger partial charge in [-0.3, -0.25) is 0 Å². The molecule has 26 heavy (non-hydrogen) atoms. The molecule has 0 spiro atoms. The van der Waals surface area contributed by atoms with E-state index in [1.807, 2.05) is 0 Å². The molecular formula is C18H23F3O5. The summed E-state index contributed by atoms with van der Waals surface area (Å²) < 4.78 is 65.1. The second kappa shape index (κ2) is 9.03. The second-order valence-corrected chi connectivity index (χ2v) is 6.52. The third-order valence-corrected chi connectivity index (χ3v) is 4.44. The average Bonchev–Trinajstić information content (AvgIpc) is 2.64. The smallest absolute Gasteiger partial charge is 0.387 e. The zero-order valence-electron chi connectivity index (χ0n) is 14.5. The molecule has 5 nitrogen and oxygen atoms in total. The molecule has 146 valence electrons. The van der Waals surface area contributed by atoms with E-state index < -0.39 is 24.5 Å². The van der Waals surface area contributed by atoms with Crippen LogP contribution >= 0.6 is 0 Å². The van der Waals surface area contributed by atoms with Gasteiger partial charge in [-0.2, -0.15) is 8.78 Å². The van der Waals surface area contributed by atoms with Crippen LogP contribution in [0, 0.1) is 17.7 Å². The molecule has 0 unspecified atom stereocenters. The molecule has 2 aliphatic rings. The first-order chi connectivity index (χ1) is 12.6. The highest BCUT2D eigenvalue weighted by Gasteiger charge is 2.34. The predicted octanol–water partition coefficient (Wildman–Crippen LogP) is 3.88. The molecule has 2 heterocycles. The van der Waals surface area contributed by atoms with Gasteiger partial charge in [0.15, 0.2) is 24.1 Å². The van der Waals surface area contributed by atoms with Crippen LogP contribution in [0.15, 0.2) is 18.2 Å².